The number of piperidine rings is 1. The van der Waals surface area contributed by atoms with E-state index in [0.29, 0.717) is 38.9 Å². The molecule has 2 amide bonds. The highest BCUT2D eigenvalue weighted by molar-refractivity contribution is 7.10. The van der Waals surface area contributed by atoms with Crippen LogP contribution in [0.25, 0.3) is 0 Å². The highest BCUT2D eigenvalue weighted by Crippen LogP contribution is 2.35. The Hall–Kier alpha value is -1.56. The van der Waals surface area contributed by atoms with Crippen molar-refractivity contribution in [3.8, 4) is 0 Å². The number of likely N-dealkylation sites (tertiary alicyclic amines) is 1. The first kappa shape index (κ1) is 15.8. The molecule has 0 spiro atoms. The number of carbonyl (C=O) groups excluding carboxylic acids is 1. The van der Waals surface area contributed by atoms with Gasteiger partial charge in [0.15, 0.2) is 0 Å². The lowest BCUT2D eigenvalue weighted by Crippen LogP contribution is -2.49. The van der Waals surface area contributed by atoms with Crippen LogP contribution in [0.5, 0.6) is 0 Å². The standard InChI is InChI=1S/C15H22N2O3S/c1-3-15(13(18)19)5-7-17(8-6-15)14(20)16-10-12-11(2)4-9-21-12/h4,9H,3,5-8,10H2,1-2H3,(H,16,20)(H,18,19). The van der Waals surface area contributed by atoms with Crippen molar-refractivity contribution in [3.05, 3.63) is 21.9 Å². The largest absolute Gasteiger partial charge is 0.481 e. The summed E-state index contributed by atoms with van der Waals surface area (Å²) >= 11 is 1.63. The number of carboxylic acid groups (broad SMARTS) is 1. The van der Waals surface area contributed by atoms with Gasteiger partial charge in [0.25, 0.3) is 0 Å². The molecule has 21 heavy (non-hydrogen) atoms. The van der Waals surface area contributed by atoms with Gasteiger partial charge < -0.3 is 15.3 Å². The number of hydrogen-bond acceptors (Lipinski definition) is 3. The van der Waals surface area contributed by atoms with Crippen LogP contribution in [0.4, 0.5) is 4.79 Å². The number of aryl methyl sites for hydroxylation is 1. The Kier molecular flexibility index (Phi) is 4.88. The topological polar surface area (TPSA) is 69.6 Å². The fourth-order valence-corrected chi connectivity index (χ4v) is 3.56. The summed E-state index contributed by atoms with van der Waals surface area (Å²) in [6, 6.07) is 1.94. The van der Waals surface area contributed by atoms with Gasteiger partial charge in [0.1, 0.15) is 0 Å². The number of urea groups is 1. The Bertz CT molecular complexity index is 519. The lowest BCUT2D eigenvalue weighted by molar-refractivity contribution is -0.151. The SMILES string of the molecule is CCC1(C(=O)O)CCN(C(=O)NCc2sccc2C)CC1. The lowest BCUT2D eigenvalue weighted by atomic mass is 9.76. The summed E-state index contributed by atoms with van der Waals surface area (Å²) in [5, 5.41) is 14.3. The number of hydrogen-bond donors (Lipinski definition) is 2. The molecule has 0 atom stereocenters. The second-order valence-corrected chi connectivity index (χ2v) is 6.61. The molecular formula is C15H22N2O3S. The molecule has 0 aliphatic carbocycles. The fraction of sp³-hybridized carbons (Fsp3) is 0.600. The van der Waals surface area contributed by atoms with E-state index in [1.165, 1.54) is 5.56 Å². The second kappa shape index (κ2) is 6.47. The normalized spacial score (nSPS) is 17.5. The van der Waals surface area contributed by atoms with Crippen LogP contribution in [0.15, 0.2) is 11.4 Å². The highest BCUT2D eigenvalue weighted by Gasteiger charge is 2.40. The zero-order valence-corrected chi connectivity index (χ0v) is 13.3. The van der Waals surface area contributed by atoms with Gasteiger partial charge >= 0.3 is 12.0 Å². The minimum atomic E-state index is -0.737. The number of thiophene rings is 1. The molecule has 1 saturated heterocycles. The highest BCUT2D eigenvalue weighted by atomic mass is 32.1. The number of amides is 2. The Balaban J connectivity index is 1.86. The van der Waals surface area contributed by atoms with E-state index >= 15 is 0 Å². The van der Waals surface area contributed by atoms with Gasteiger partial charge in [0, 0.05) is 18.0 Å². The van der Waals surface area contributed by atoms with Crippen LogP contribution in [0.3, 0.4) is 0 Å². The summed E-state index contributed by atoms with van der Waals surface area (Å²) in [4.78, 5) is 26.4. The first-order chi connectivity index (χ1) is 9.98. The Morgan fingerprint density at radius 1 is 1.43 bits per heavy atom. The van der Waals surface area contributed by atoms with Gasteiger partial charge in [-0.25, -0.2) is 4.79 Å². The molecule has 1 aromatic heterocycles. The van der Waals surface area contributed by atoms with E-state index in [1.54, 1.807) is 16.2 Å². The Morgan fingerprint density at radius 3 is 2.57 bits per heavy atom. The van der Waals surface area contributed by atoms with E-state index < -0.39 is 11.4 Å². The van der Waals surface area contributed by atoms with Crippen LogP contribution in [0.2, 0.25) is 0 Å². The Labute approximate surface area is 129 Å². The molecule has 0 aromatic carbocycles. The second-order valence-electron chi connectivity index (χ2n) is 5.61. The predicted octanol–water partition coefficient (Wildman–Crippen LogP) is 2.84. The minimum Gasteiger partial charge on any atom is -0.481 e. The average Bonchev–Trinajstić information content (AvgIpc) is 2.90. The first-order valence-electron chi connectivity index (χ1n) is 7.27. The molecule has 116 valence electrons. The molecule has 0 saturated carbocycles. The van der Waals surface area contributed by atoms with E-state index in [-0.39, 0.29) is 6.03 Å². The van der Waals surface area contributed by atoms with Crippen molar-refractivity contribution in [1.82, 2.24) is 10.2 Å². The Morgan fingerprint density at radius 2 is 2.10 bits per heavy atom. The third-order valence-corrected chi connectivity index (χ3v) is 5.53. The molecule has 1 aliphatic heterocycles. The van der Waals surface area contributed by atoms with Gasteiger partial charge in [0.2, 0.25) is 0 Å². The summed E-state index contributed by atoms with van der Waals surface area (Å²) in [5.41, 5.74) is 0.538. The average molecular weight is 310 g/mol. The summed E-state index contributed by atoms with van der Waals surface area (Å²) < 4.78 is 0. The van der Waals surface area contributed by atoms with E-state index in [0.717, 1.165) is 4.88 Å². The zero-order chi connectivity index (χ0) is 15.5. The monoisotopic (exact) mass is 310 g/mol. The number of nitrogens with one attached hydrogen (secondary N) is 1. The van der Waals surface area contributed by atoms with Crippen molar-refractivity contribution in [3.63, 3.8) is 0 Å². The summed E-state index contributed by atoms with van der Waals surface area (Å²) in [7, 11) is 0. The maximum absolute atomic E-state index is 12.1. The van der Waals surface area contributed by atoms with Gasteiger partial charge in [-0.2, -0.15) is 0 Å². The van der Waals surface area contributed by atoms with E-state index in [4.69, 9.17) is 0 Å². The third-order valence-electron chi connectivity index (χ3n) is 4.51. The van der Waals surface area contributed by atoms with Gasteiger partial charge in [-0.15, -0.1) is 11.3 Å². The number of aliphatic carboxylic acids is 1. The van der Waals surface area contributed by atoms with Crippen molar-refractivity contribution in [2.45, 2.75) is 39.7 Å². The van der Waals surface area contributed by atoms with Gasteiger partial charge in [-0.3, -0.25) is 4.79 Å². The summed E-state index contributed by atoms with van der Waals surface area (Å²) in [5.74, 6) is -0.737. The fourth-order valence-electron chi connectivity index (χ4n) is 2.71. The van der Waals surface area contributed by atoms with Gasteiger partial charge in [0.05, 0.1) is 12.0 Å². The van der Waals surface area contributed by atoms with Crippen LogP contribution in [-0.2, 0) is 11.3 Å². The third kappa shape index (κ3) is 3.37. The molecule has 2 N–H and O–H groups in total. The molecular weight excluding hydrogens is 288 g/mol. The number of carboxylic acids is 1. The molecule has 2 heterocycles. The van der Waals surface area contributed by atoms with Gasteiger partial charge in [-0.1, -0.05) is 6.92 Å². The molecule has 0 bridgehead atoms. The molecule has 6 heteroatoms. The molecule has 5 nitrogen and oxygen atoms in total. The van der Waals surface area contributed by atoms with E-state index in [1.807, 2.05) is 25.3 Å². The molecule has 0 unspecified atom stereocenters. The smallest absolute Gasteiger partial charge is 0.317 e. The predicted molar refractivity (Wildman–Crippen MR) is 82.5 cm³/mol. The maximum atomic E-state index is 12.1. The van der Waals surface area contributed by atoms with Crippen molar-refractivity contribution >= 4 is 23.3 Å². The van der Waals surface area contributed by atoms with Crippen LogP contribution in [-0.4, -0.2) is 35.1 Å². The molecule has 0 radical (unpaired) electrons. The van der Waals surface area contributed by atoms with E-state index in [2.05, 4.69) is 5.32 Å². The maximum Gasteiger partial charge on any atom is 0.317 e. The van der Waals surface area contributed by atoms with Crippen molar-refractivity contribution in [1.29, 1.82) is 0 Å². The first-order valence-corrected chi connectivity index (χ1v) is 8.15. The number of nitrogens with zero attached hydrogens (tertiary/aromatic N) is 1. The molecule has 2 rings (SSSR count). The minimum absolute atomic E-state index is 0.0992. The quantitative estimate of drug-likeness (QED) is 0.898. The number of rotatable bonds is 4. The van der Waals surface area contributed by atoms with Crippen LogP contribution in [0, 0.1) is 12.3 Å². The molecule has 1 aromatic rings. The summed E-state index contributed by atoms with van der Waals surface area (Å²) in [6.45, 7) is 5.49. The molecule has 1 aliphatic rings. The van der Waals surface area contributed by atoms with Crippen LogP contribution < -0.4 is 5.32 Å². The zero-order valence-electron chi connectivity index (χ0n) is 12.5. The van der Waals surface area contributed by atoms with Crippen LogP contribution >= 0.6 is 11.3 Å². The van der Waals surface area contributed by atoms with Crippen molar-refractivity contribution < 1.29 is 14.7 Å². The van der Waals surface area contributed by atoms with Crippen molar-refractivity contribution in [2.24, 2.45) is 5.41 Å². The van der Waals surface area contributed by atoms with E-state index in [9.17, 15) is 14.7 Å². The van der Waals surface area contributed by atoms with Crippen molar-refractivity contribution in [2.75, 3.05) is 13.1 Å². The number of carbonyl (C=O) groups is 2. The van der Waals surface area contributed by atoms with Crippen LogP contribution in [0.1, 0.15) is 36.6 Å². The van der Waals surface area contributed by atoms with Gasteiger partial charge in [-0.05, 0) is 43.2 Å². The molecule has 1 fully saturated rings. The lowest BCUT2D eigenvalue weighted by Gasteiger charge is -2.38. The summed E-state index contributed by atoms with van der Waals surface area (Å²) in [6.07, 6.45) is 1.68.